The van der Waals surface area contributed by atoms with Gasteiger partial charge in [0.05, 0.1) is 0 Å². The van der Waals surface area contributed by atoms with Gasteiger partial charge in [0.15, 0.2) is 0 Å². The van der Waals surface area contributed by atoms with Gasteiger partial charge >= 0.3 is 12.0 Å². The Balaban J connectivity index is 2.03. The number of hydrogen-bond donors (Lipinski definition) is 1. The van der Waals surface area contributed by atoms with E-state index < -0.39 is 12.0 Å². The van der Waals surface area contributed by atoms with Gasteiger partial charge in [-0.3, -0.25) is 0 Å². The Morgan fingerprint density at radius 1 is 1.33 bits per heavy atom. The lowest BCUT2D eigenvalue weighted by Crippen LogP contribution is -2.55. The van der Waals surface area contributed by atoms with E-state index in [1.54, 1.807) is 16.8 Å². The third-order valence-corrected chi connectivity index (χ3v) is 3.99. The Morgan fingerprint density at radius 3 is 2.56 bits per heavy atom. The van der Waals surface area contributed by atoms with Crippen LogP contribution >= 0.6 is 0 Å². The predicted molar refractivity (Wildman–Crippen MR) is 67.3 cm³/mol. The Kier molecular flexibility index (Phi) is 3.78. The number of carbonyl (C=O) groups excluding carboxylic acids is 1. The van der Waals surface area contributed by atoms with Gasteiger partial charge < -0.3 is 14.9 Å². The lowest BCUT2D eigenvalue weighted by Gasteiger charge is -2.39. The van der Waals surface area contributed by atoms with Gasteiger partial charge in [0, 0.05) is 20.1 Å². The number of aliphatic carboxylic acids is 1. The van der Waals surface area contributed by atoms with Crippen LogP contribution in [0.5, 0.6) is 0 Å². The lowest BCUT2D eigenvalue weighted by atomic mass is 9.91. The number of nitrogens with zero attached hydrogens (tertiary/aromatic N) is 2. The second kappa shape index (κ2) is 5.16. The molecule has 0 spiro atoms. The first-order chi connectivity index (χ1) is 8.50. The summed E-state index contributed by atoms with van der Waals surface area (Å²) in [7, 11) is 1.78. The van der Waals surface area contributed by atoms with Gasteiger partial charge in [-0.25, -0.2) is 9.59 Å². The highest BCUT2D eigenvalue weighted by Crippen LogP contribution is 2.30. The number of carboxylic acid groups (broad SMARTS) is 1. The van der Waals surface area contributed by atoms with Gasteiger partial charge in [-0.15, -0.1) is 0 Å². The Morgan fingerprint density at radius 2 is 2.00 bits per heavy atom. The van der Waals surface area contributed by atoms with Gasteiger partial charge in [-0.1, -0.05) is 6.92 Å². The molecule has 5 heteroatoms. The highest BCUT2D eigenvalue weighted by Gasteiger charge is 2.38. The maximum Gasteiger partial charge on any atom is 0.326 e. The molecule has 0 aromatic carbocycles. The molecule has 0 aromatic heterocycles. The highest BCUT2D eigenvalue weighted by molar-refractivity contribution is 5.83. The van der Waals surface area contributed by atoms with Crippen molar-refractivity contribution >= 4 is 12.0 Å². The minimum atomic E-state index is -0.879. The fourth-order valence-corrected chi connectivity index (χ4v) is 2.76. The van der Waals surface area contributed by atoms with Crippen LogP contribution in [0.1, 0.15) is 32.6 Å². The molecule has 2 fully saturated rings. The topological polar surface area (TPSA) is 60.9 Å². The molecule has 1 saturated heterocycles. The number of carboxylic acids is 1. The zero-order valence-corrected chi connectivity index (χ0v) is 11.1. The van der Waals surface area contributed by atoms with Crippen molar-refractivity contribution in [3.8, 4) is 0 Å². The molecule has 1 aliphatic heterocycles. The van der Waals surface area contributed by atoms with Crippen molar-refractivity contribution < 1.29 is 14.7 Å². The summed E-state index contributed by atoms with van der Waals surface area (Å²) >= 11 is 0. The normalized spacial score (nSPS) is 28.0. The van der Waals surface area contributed by atoms with E-state index >= 15 is 0 Å². The van der Waals surface area contributed by atoms with E-state index in [9.17, 15) is 14.7 Å². The molecule has 2 atom stereocenters. The van der Waals surface area contributed by atoms with Crippen molar-refractivity contribution in [3.05, 3.63) is 0 Å². The van der Waals surface area contributed by atoms with E-state index in [1.807, 2.05) is 6.92 Å². The lowest BCUT2D eigenvalue weighted by molar-refractivity contribution is -0.145. The van der Waals surface area contributed by atoms with Crippen LogP contribution in [0.15, 0.2) is 0 Å². The minimum absolute atomic E-state index is 0.0366. The highest BCUT2D eigenvalue weighted by atomic mass is 16.4. The zero-order chi connectivity index (χ0) is 13.3. The maximum atomic E-state index is 12.3. The van der Waals surface area contributed by atoms with Crippen LogP contribution in [0.25, 0.3) is 0 Å². The number of likely N-dealkylation sites (tertiary alicyclic amines) is 1. The summed E-state index contributed by atoms with van der Waals surface area (Å²) in [4.78, 5) is 26.9. The second-order valence-corrected chi connectivity index (χ2v) is 5.70. The van der Waals surface area contributed by atoms with E-state index in [4.69, 9.17) is 0 Å². The number of piperidine rings is 1. The van der Waals surface area contributed by atoms with Crippen molar-refractivity contribution in [3.63, 3.8) is 0 Å². The number of urea groups is 1. The van der Waals surface area contributed by atoms with Gasteiger partial charge in [0.25, 0.3) is 0 Å². The van der Waals surface area contributed by atoms with Gasteiger partial charge in [-0.2, -0.15) is 0 Å². The number of carbonyl (C=O) groups is 2. The van der Waals surface area contributed by atoms with E-state index in [0.29, 0.717) is 12.5 Å². The van der Waals surface area contributed by atoms with Crippen molar-refractivity contribution in [2.75, 3.05) is 20.1 Å². The van der Waals surface area contributed by atoms with Crippen LogP contribution in [0.4, 0.5) is 4.79 Å². The predicted octanol–water partition coefficient (Wildman–Crippen LogP) is 1.63. The monoisotopic (exact) mass is 254 g/mol. The molecule has 1 heterocycles. The standard InChI is InChI=1S/C13H22N2O3/c1-9-4-3-7-15(11(9)12(16)17)13(18)14(2)8-10-5-6-10/h9-11H,3-8H2,1-2H3,(H,16,17). The molecule has 1 saturated carbocycles. The van der Waals surface area contributed by atoms with E-state index in [2.05, 4.69) is 0 Å². The molecule has 1 aliphatic carbocycles. The average molecular weight is 254 g/mol. The van der Waals surface area contributed by atoms with Crippen molar-refractivity contribution in [1.82, 2.24) is 9.80 Å². The minimum Gasteiger partial charge on any atom is -0.480 e. The Bertz CT molecular complexity index is 341. The van der Waals surface area contributed by atoms with Crippen molar-refractivity contribution in [2.45, 2.75) is 38.6 Å². The summed E-state index contributed by atoms with van der Waals surface area (Å²) in [5.74, 6) is -0.214. The molecule has 2 rings (SSSR count). The zero-order valence-electron chi connectivity index (χ0n) is 11.1. The molecule has 102 valence electrons. The first-order valence-corrected chi connectivity index (χ1v) is 6.75. The Labute approximate surface area is 108 Å². The van der Waals surface area contributed by atoms with Crippen LogP contribution < -0.4 is 0 Å². The number of amides is 2. The third kappa shape index (κ3) is 2.76. The summed E-state index contributed by atoms with van der Waals surface area (Å²) in [6.45, 7) is 3.24. The fourth-order valence-electron chi connectivity index (χ4n) is 2.76. The summed E-state index contributed by atoms with van der Waals surface area (Å²) in [6.07, 6.45) is 4.16. The summed E-state index contributed by atoms with van der Waals surface area (Å²) < 4.78 is 0. The van der Waals surface area contributed by atoms with Crippen LogP contribution in [0.3, 0.4) is 0 Å². The summed E-state index contributed by atoms with van der Waals surface area (Å²) in [5.41, 5.74) is 0. The molecular weight excluding hydrogens is 232 g/mol. The molecule has 5 nitrogen and oxygen atoms in total. The molecule has 1 N–H and O–H groups in total. The van der Waals surface area contributed by atoms with E-state index in [-0.39, 0.29) is 11.9 Å². The largest absolute Gasteiger partial charge is 0.480 e. The van der Waals surface area contributed by atoms with Crippen molar-refractivity contribution in [2.24, 2.45) is 11.8 Å². The van der Waals surface area contributed by atoms with Gasteiger partial charge in [0.2, 0.25) is 0 Å². The van der Waals surface area contributed by atoms with Crippen molar-refractivity contribution in [1.29, 1.82) is 0 Å². The molecule has 18 heavy (non-hydrogen) atoms. The maximum absolute atomic E-state index is 12.3. The second-order valence-electron chi connectivity index (χ2n) is 5.70. The molecular formula is C13H22N2O3. The van der Waals surface area contributed by atoms with Crippen LogP contribution in [-0.2, 0) is 4.79 Å². The quantitative estimate of drug-likeness (QED) is 0.832. The van der Waals surface area contributed by atoms with Crippen LogP contribution in [-0.4, -0.2) is 53.1 Å². The molecule has 2 amide bonds. The molecule has 0 radical (unpaired) electrons. The summed E-state index contributed by atoms with van der Waals surface area (Å²) in [6, 6.07) is -0.784. The molecule has 2 unspecified atom stereocenters. The smallest absolute Gasteiger partial charge is 0.326 e. The van der Waals surface area contributed by atoms with E-state index in [0.717, 1.165) is 19.4 Å². The molecule has 0 aromatic rings. The van der Waals surface area contributed by atoms with Gasteiger partial charge in [-0.05, 0) is 37.5 Å². The first-order valence-electron chi connectivity index (χ1n) is 6.75. The van der Waals surface area contributed by atoms with E-state index in [1.165, 1.54) is 12.8 Å². The van der Waals surface area contributed by atoms with Crippen LogP contribution in [0.2, 0.25) is 0 Å². The average Bonchev–Trinajstić information content (AvgIpc) is 3.11. The summed E-state index contributed by atoms with van der Waals surface area (Å²) in [5, 5.41) is 9.29. The molecule has 2 aliphatic rings. The number of rotatable bonds is 3. The SMILES string of the molecule is CC1CCCN(C(=O)N(C)CC2CC2)C1C(=O)O. The first kappa shape index (κ1) is 13.2. The third-order valence-electron chi connectivity index (χ3n) is 3.99. The molecule has 0 bridgehead atoms. The fraction of sp³-hybridized carbons (Fsp3) is 0.846. The number of hydrogen-bond acceptors (Lipinski definition) is 2. The van der Waals surface area contributed by atoms with Gasteiger partial charge in [0.1, 0.15) is 6.04 Å². The Hall–Kier alpha value is -1.26. The van der Waals surface area contributed by atoms with Crippen LogP contribution in [0, 0.1) is 11.8 Å².